The van der Waals surface area contributed by atoms with Crippen molar-refractivity contribution in [2.24, 2.45) is 5.92 Å². The van der Waals surface area contributed by atoms with Gasteiger partial charge in [0.1, 0.15) is 6.07 Å². The van der Waals surface area contributed by atoms with E-state index in [1.54, 1.807) is 0 Å². The molecule has 0 spiro atoms. The largest absolute Gasteiger partial charge is 0.325 e. The molecule has 3 aromatic heterocycles. The Balaban J connectivity index is 1.93. The topological polar surface area (TPSA) is 120 Å². The van der Waals surface area contributed by atoms with Gasteiger partial charge in [0.25, 0.3) is 5.56 Å². The van der Waals surface area contributed by atoms with Crippen molar-refractivity contribution < 1.29 is 8.78 Å². The van der Waals surface area contributed by atoms with Crippen LogP contribution in [0.3, 0.4) is 0 Å². The third-order valence-corrected chi connectivity index (χ3v) is 4.23. The number of nitrogens with one attached hydrogen (secondary N) is 2. The lowest BCUT2D eigenvalue weighted by molar-refractivity contribution is 0.120. The lowest BCUT2D eigenvalue weighted by Crippen LogP contribution is -2.23. The summed E-state index contributed by atoms with van der Waals surface area (Å²) < 4.78 is 27.2. The van der Waals surface area contributed by atoms with E-state index in [9.17, 15) is 18.4 Å². The number of fused-ring (bicyclic) bond motifs is 1. The second-order valence-corrected chi connectivity index (χ2v) is 5.82. The van der Waals surface area contributed by atoms with Crippen LogP contribution in [0, 0.1) is 17.2 Å². The predicted molar refractivity (Wildman–Crippen MR) is 81.2 cm³/mol. The van der Waals surface area contributed by atoms with E-state index in [-0.39, 0.29) is 17.0 Å². The maximum absolute atomic E-state index is 13.0. The molecule has 2 atom stereocenters. The Hall–Kier alpha value is -3.35. The summed E-state index contributed by atoms with van der Waals surface area (Å²) in [5, 5.41) is 13.2. The molecule has 0 amide bonds. The molecular weight excluding hydrogens is 334 g/mol. The third kappa shape index (κ3) is 2.50. The first-order chi connectivity index (χ1) is 12.0. The van der Waals surface area contributed by atoms with Crippen molar-refractivity contribution in [3.63, 3.8) is 0 Å². The number of nitrogens with zero attached hydrogens (tertiary/aromatic N) is 4. The molecule has 1 saturated carbocycles. The van der Waals surface area contributed by atoms with Crippen LogP contribution in [0.5, 0.6) is 0 Å². The fraction of sp³-hybridized carbons (Fsp3) is 0.267. The van der Waals surface area contributed by atoms with Crippen LogP contribution in [-0.2, 0) is 0 Å². The highest BCUT2D eigenvalue weighted by Crippen LogP contribution is 2.52. The van der Waals surface area contributed by atoms with Crippen LogP contribution in [0.15, 0.2) is 28.0 Å². The van der Waals surface area contributed by atoms with E-state index in [2.05, 4.69) is 20.1 Å². The van der Waals surface area contributed by atoms with Gasteiger partial charge in [0.2, 0.25) is 6.43 Å². The van der Waals surface area contributed by atoms with Gasteiger partial charge >= 0.3 is 5.69 Å². The minimum Gasteiger partial charge on any atom is -0.313 e. The number of H-pyrrole nitrogens is 2. The normalized spacial score (nSPS) is 19.3. The minimum atomic E-state index is -2.46. The van der Waals surface area contributed by atoms with Crippen molar-refractivity contribution in [3.8, 4) is 17.3 Å². The number of aromatic nitrogens is 5. The summed E-state index contributed by atoms with van der Waals surface area (Å²) in [5.74, 6) is -1.20. The van der Waals surface area contributed by atoms with Crippen molar-refractivity contribution in [2.75, 3.05) is 0 Å². The lowest BCUT2D eigenvalue weighted by Gasteiger charge is -2.06. The van der Waals surface area contributed by atoms with Crippen LogP contribution < -0.4 is 11.2 Å². The van der Waals surface area contributed by atoms with Gasteiger partial charge in [-0.2, -0.15) is 10.4 Å². The average Bonchev–Trinajstić information content (AvgIpc) is 3.26. The summed E-state index contributed by atoms with van der Waals surface area (Å²) in [4.78, 5) is 31.7. The van der Waals surface area contributed by atoms with Crippen LogP contribution in [0.25, 0.3) is 16.9 Å². The predicted octanol–water partition coefficient (Wildman–Crippen LogP) is 1.01. The maximum atomic E-state index is 13.0. The van der Waals surface area contributed by atoms with E-state index in [0.717, 1.165) is 0 Å². The Morgan fingerprint density at radius 1 is 1.40 bits per heavy atom. The number of hydrogen-bond acceptors (Lipinski definition) is 5. The van der Waals surface area contributed by atoms with E-state index in [1.807, 2.05) is 6.07 Å². The molecule has 4 rings (SSSR count). The lowest BCUT2D eigenvalue weighted by atomic mass is 10.1. The van der Waals surface area contributed by atoms with E-state index >= 15 is 0 Å². The zero-order valence-electron chi connectivity index (χ0n) is 12.5. The van der Waals surface area contributed by atoms with Gasteiger partial charge in [-0.25, -0.2) is 23.1 Å². The van der Waals surface area contributed by atoms with Crippen LogP contribution in [0.2, 0.25) is 0 Å². The fourth-order valence-corrected chi connectivity index (χ4v) is 2.91. The number of imidazole rings is 1. The quantitative estimate of drug-likeness (QED) is 0.735. The minimum absolute atomic E-state index is 0.0872. The zero-order chi connectivity index (χ0) is 17.7. The van der Waals surface area contributed by atoms with E-state index < -0.39 is 29.5 Å². The number of halogens is 2. The molecule has 3 aromatic rings. The van der Waals surface area contributed by atoms with Crippen LogP contribution in [-0.4, -0.2) is 31.0 Å². The molecule has 3 heterocycles. The average molecular weight is 344 g/mol. The van der Waals surface area contributed by atoms with Crippen LogP contribution in [0.4, 0.5) is 8.78 Å². The van der Waals surface area contributed by atoms with Crippen molar-refractivity contribution in [1.82, 2.24) is 24.6 Å². The molecule has 1 aliphatic rings. The Morgan fingerprint density at radius 2 is 2.20 bits per heavy atom. The van der Waals surface area contributed by atoms with Crippen molar-refractivity contribution in [2.45, 2.75) is 18.8 Å². The van der Waals surface area contributed by atoms with E-state index in [1.165, 1.54) is 23.0 Å². The van der Waals surface area contributed by atoms with Crippen molar-refractivity contribution in [3.05, 3.63) is 50.6 Å². The first-order valence-electron chi connectivity index (χ1n) is 7.39. The highest BCUT2D eigenvalue weighted by molar-refractivity contribution is 5.63. The van der Waals surface area contributed by atoms with Gasteiger partial charge in [-0.1, -0.05) is 0 Å². The summed E-state index contributed by atoms with van der Waals surface area (Å²) in [6, 6.07) is 3.39. The number of hydrogen-bond donors (Lipinski definition) is 2. The Labute approximate surface area is 137 Å². The SMILES string of the molecule is N#Cc1cn2nc(-c3c[nH]c(=O)[nH]c3=O)cc([C@H]3C[C@@H]3C(F)F)c2n1. The fourth-order valence-electron chi connectivity index (χ4n) is 2.91. The zero-order valence-corrected chi connectivity index (χ0v) is 12.5. The van der Waals surface area contributed by atoms with E-state index in [4.69, 9.17) is 5.26 Å². The smallest absolute Gasteiger partial charge is 0.313 e. The standard InChI is InChI=1S/C15H10F2N6O2/c16-12(17)8-1-7(8)9-2-11(10-4-19-15(25)21-14(10)24)22-23-5-6(3-18)20-13(9)23/h2,4-5,7-8,12H,1H2,(H2,19,21,24,25)/t7-,8-/m0/s1. The van der Waals surface area contributed by atoms with Gasteiger partial charge in [0, 0.05) is 17.7 Å². The van der Waals surface area contributed by atoms with E-state index in [0.29, 0.717) is 17.6 Å². The number of alkyl halides is 2. The Morgan fingerprint density at radius 3 is 2.84 bits per heavy atom. The molecule has 10 heteroatoms. The summed E-state index contributed by atoms with van der Waals surface area (Å²) in [5.41, 5.74) is -0.119. The second kappa shape index (κ2) is 5.34. The number of aromatic amines is 2. The van der Waals surface area contributed by atoms with Gasteiger partial charge in [-0.05, 0) is 18.4 Å². The molecule has 0 bridgehead atoms. The summed E-state index contributed by atoms with van der Waals surface area (Å²) in [6.45, 7) is 0. The number of nitriles is 1. The molecule has 0 aliphatic heterocycles. The molecule has 8 nitrogen and oxygen atoms in total. The Bertz CT molecular complexity index is 1140. The highest BCUT2D eigenvalue weighted by Gasteiger charge is 2.46. The molecule has 0 radical (unpaired) electrons. The maximum Gasteiger partial charge on any atom is 0.325 e. The summed E-state index contributed by atoms with van der Waals surface area (Å²) in [7, 11) is 0. The molecule has 0 aromatic carbocycles. The van der Waals surface area contributed by atoms with Gasteiger partial charge in [-0.15, -0.1) is 0 Å². The van der Waals surface area contributed by atoms with Crippen LogP contribution >= 0.6 is 0 Å². The molecule has 1 fully saturated rings. The molecule has 25 heavy (non-hydrogen) atoms. The number of rotatable bonds is 3. The third-order valence-electron chi connectivity index (χ3n) is 4.23. The summed E-state index contributed by atoms with van der Waals surface area (Å²) in [6.07, 6.45) is 0.414. The van der Waals surface area contributed by atoms with Gasteiger partial charge in [0.05, 0.1) is 17.5 Å². The molecule has 126 valence electrons. The highest BCUT2D eigenvalue weighted by atomic mass is 19.3. The first-order valence-corrected chi connectivity index (χ1v) is 7.39. The molecule has 0 unspecified atom stereocenters. The Kier molecular flexibility index (Phi) is 3.24. The molecule has 0 saturated heterocycles. The monoisotopic (exact) mass is 344 g/mol. The molecular formula is C15H10F2N6O2. The summed E-state index contributed by atoms with van der Waals surface area (Å²) >= 11 is 0. The molecule has 2 N–H and O–H groups in total. The second-order valence-electron chi connectivity index (χ2n) is 5.82. The van der Waals surface area contributed by atoms with Crippen LogP contribution in [0.1, 0.15) is 23.6 Å². The van der Waals surface area contributed by atoms with Crippen molar-refractivity contribution >= 4 is 5.65 Å². The first kappa shape index (κ1) is 15.2. The van der Waals surface area contributed by atoms with Gasteiger partial charge in [-0.3, -0.25) is 9.78 Å². The van der Waals surface area contributed by atoms with Gasteiger partial charge in [0.15, 0.2) is 11.3 Å². The van der Waals surface area contributed by atoms with Gasteiger partial charge < -0.3 is 4.98 Å². The van der Waals surface area contributed by atoms with Crippen molar-refractivity contribution in [1.29, 1.82) is 5.26 Å². The molecule has 1 aliphatic carbocycles.